The molecular formula is C11H15N3. The quantitative estimate of drug-likeness (QED) is 0.320. The molecule has 0 aliphatic heterocycles. The lowest BCUT2D eigenvalue weighted by Crippen LogP contribution is -2.41. The molecule has 3 heteroatoms. The van der Waals surface area contributed by atoms with Crippen molar-refractivity contribution in [2.24, 2.45) is 5.84 Å². The average Bonchev–Trinajstić information content (AvgIpc) is 2.56. The molecule has 2 unspecified atom stereocenters. The van der Waals surface area contributed by atoms with Crippen LogP contribution >= 0.6 is 0 Å². The first kappa shape index (κ1) is 9.21. The molecule has 1 aliphatic carbocycles. The fourth-order valence-electron chi connectivity index (χ4n) is 2.23. The largest absolute Gasteiger partial charge is 0.297 e. The van der Waals surface area contributed by atoms with Gasteiger partial charge in [0.1, 0.15) is 0 Å². The van der Waals surface area contributed by atoms with Gasteiger partial charge >= 0.3 is 0 Å². The van der Waals surface area contributed by atoms with Gasteiger partial charge in [-0.15, -0.1) is 0 Å². The maximum atomic E-state index is 7.15. The summed E-state index contributed by atoms with van der Waals surface area (Å²) in [5.41, 5.74) is 2.73. The van der Waals surface area contributed by atoms with Crippen LogP contribution in [-0.2, 0) is 6.42 Å². The third-order valence-corrected chi connectivity index (χ3v) is 3.08. The summed E-state index contributed by atoms with van der Waals surface area (Å²) in [6.45, 7) is 2.17. The van der Waals surface area contributed by atoms with Crippen LogP contribution in [0.2, 0.25) is 0 Å². The lowest BCUT2D eigenvalue weighted by atomic mass is 10.0. The van der Waals surface area contributed by atoms with Gasteiger partial charge in [0.25, 0.3) is 0 Å². The molecule has 0 heterocycles. The Kier molecular flexibility index (Phi) is 2.25. The molecule has 3 nitrogen and oxygen atoms in total. The van der Waals surface area contributed by atoms with Crippen LogP contribution in [0, 0.1) is 5.41 Å². The maximum Gasteiger partial charge on any atom is 0.0961 e. The van der Waals surface area contributed by atoms with Gasteiger partial charge in [-0.25, -0.2) is 5.84 Å². The molecule has 0 radical (unpaired) electrons. The molecule has 0 fully saturated rings. The molecular weight excluding hydrogens is 174 g/mol. The zero-order chi connectivity index (χ0) is 10.1. The summed E-state index contributed by atoms with van der Waals surface area (Å²) >= 11 is 0. The van der Waals surface area contributed by atoms with Crippen LogP contribution < -0.4 is 5.84 Å². The smallest absolute Gasteiger partial charge is 0.0961 e. The highest BCUT2D eigenvalue weighted by Gasteiger charge is 2.30. The third-order valence-electron chi connectivity index (χ3n) is 3.08. The van der Waals surface area contributed by atoms with Crippen LogP contribution in [-0.4, -0.2) is 17.4 Å². The number of hydrogen-bond acceptors (Lipinski definition) is 2. The summed E-state index contributed by atoms with van der Waals surface area (Å²) < 4.78 is 0. The Morgan fingerprint density at radius 1 is 1.50 bits per heavy atom. The molecule has 3 N–H and O–H groups in total. The van der Waals surface area contributed by atoms with E-state index in [0.29, 0.717) is 5.92 Å². The van der Waals surface area contributed by atoms with E-state index in [1.165, 1.54) is 22.5 Å². The summed E-state index contributed by atoms with van der Waals surface area (Å²) in [6, 6.07) is 8.65. The Morgan fingerprint density at radius 3 is 2.86 bits per heavy atom. The molecule has 0 amide bonds. The number of benzene rings is 1. The summed E-state index contributed by atoms with van der Waals surface area (Å²) in [5, 5.41) is 8.65. The first-order valence-corrected chi connectivity index (χ1v) is 4.85. The van der Waals surface area contributed by atoms with E-state index >= 15 is 0 Å². The fourth-order valence-corrected chi connectivity index (χ4v) is 2.23. The summed E-state index contributed by atoms with van der Waals surface area (Å²) in [6.07, 6.45) is 2.15. The van der Waals surface area contributed by atoms with Crippen molar-refractivity contribution in [2.45, 2.75) is 25.3 Å². The molecule has 0 saturated carbocycles. The zero-order valence-electron chi connectivity index (χ0n) is 8.27. The van der Waals surface area contributed by atoms with E-state index in [1.807, 2.05) is 0 Å². The minimum atomic E-state index is 0.241. The standard InChI is InChI=1S/C11H15N3/c1-8-10-5-3-2-4-9(10)6-11(8)14(13)7-12/h2-5,7-8,11-12H,6,13H2,1H3. The molecule has 74 valence electrons. The first-order chi connectivity index (χ1) is 6.74. The minimum absolute atomic E-state index is 0.241. The van der Waals surface area contributed by atoms with Gasteiger partial charge in [-0.1, -0.05) is 31.2 Å². The Labute approximate surface area is 84.0 Å². The van der Waals surface area contributed by atoms with Crippen LogP contribution in [0.5, 0.6) is 0 Å². The van der Waals surface area contributed by atoms with E-state index in [9.17, 15) is 0 Å². The molecule has 0 aromatic heterocycles. The number of nitrogens with two attached hydrogens (primary N) is 1. The van der Waals surface area contributed by atoms with Crippen LogP contribution in [0.15, 0.2) is 24.3 Å². The first-order valence-electron chi connectivity index (χ1n) is 4.85. The van der Waals surface area contributed by atoms with Crippen LogP contribution in [0.25, 0.3) is 0 Å². The van der Waals surface area contributed by atoms with Crippen molar-refractivity contribution in [3.05, 3.63) is 35.4 Å². The van der Waals surface area contributed by atoms with Gasteiger partial charge in [0.15, 0.2) is 0 Å². The number of fused-ring (bicyclic) bond motifs is 1. The molecule has 0 spiro atoms. The van der Waals surface area contributed by atoms with Crippen LogP contribution in [0.3, 0.4) is 0 Å². The molecule has 2 rings (SSSR count). The van der Waals surface area contributed by atoms with E-state index < -0.39 is 0 Å². The number of hydrogen-bond donors (Lipinski definition) is 2. The van der Waals surface area contributed by atoms with Gasteiger partial charge in [0.2, 0.25) is 0 Å². The van der Waals surface area contributed by atoms with E-state index in [-0.39, 0.29) is 6.04 Å². The molecule has 1 aliphatic rings. The molecule has 1 aromatic carbocycles. The summed E-state index contributed by atoms with van der Waals surface area (Å²) in [4.78, 5) is 0. The monoisotopic (exact) mass is 189 g/mol. The fraction of sp³-hybridized carbons (Fsp3) is 0.364. The molecule has 0 bridgehead atoms. The Morgan fingerprint density at radius 2 is 2.21 bits per heavy atom. The normalized spacial score (nSPS) is 24.4. The minimum Gasteiger partial charge on any atom is -0.297 e. The summed E-state index contributed by atoms with van der Waals surface area (Å²) in [7, 11) is 0. The lowest BCUT2D eigenvalue weighted by molar-refractivity contribution is 0.306. The van der Waals surface area contributed by atoms with Crippen molar-refractivity contribution < 1.29 is 0 Å². The Bertz CT molecular complexity index is 348. The van der Waals surface area contributed by atoms with Crippen molar-refractivity contribution in [3.8, 4) is 0 Å². The average molecular weight is 189 g/mol. The Balaban J connectivity index is 2.29. The second-order valence-electron chi connectivity index (χ2n) is 3.84. The van der Waals surface area contributed by atoms with Gasteiger partial charge in [0, 0.05) is 5.92 Å². The van der Waals surface area contributed by atoms with Crippen LogP contribution in [0.1, 0.15) is 24.0 Å². The summed E-state index contributed by atoms with van der Waals surface area (Å²) in [5.74, 6) is 6.15. The van der Waals surface area contributed by atoms with Crippen molar-refractivity contribution >= 4 is 6.34 Å². The molecule has 0 saturated heterocycles. The highest BCUT2D eigenvalue weighted by Crippen LogP contribution is 2.34. The predicted octanol–water partition coefficient (Wildman–Crippen LogP) is 1.50. The van der Waals surface area contributed by atoms with Crippen molar-refractivity contribution in [1.82, 2.24) is 5.01 Å². The molecule has 1 aromatic rings. The SMILES string of the molecule is CC1c2ccccc2CC1N(N)C=N. The van der Waals surface area contributed by atoms with Gasteiger partial charge in [-0.2, -0.15) is 0 Å². The lowest BCUT2D eigenvalue weighted by Gasteiger charge is -2.24. The molecule has 2 atom stereocenters. The van der Waals surface area contributed by atoms with Gasteiger partial charge < -0.3 is 0 Å². The van der Waals surface area contributed by atoms with E-state index in [4.69, 9.17) is 11.3 Å². The van der Waals surface area contributed by atoms with Gasteiger partial charge in [0.05, 0.1) is 12.4 Å². The molecule has 14 heavy (non-hydrogen) atoms. The number of rotatable bonds is 2. The highest BCUT2D eigenvalue weighted by molar-refractivity contribution is 5.52. The van der Waals surface area contributed by atoms with Crippen molar-refractivity contribution in [1.29, 1.82) is 5.41 Å². The predicted molar refractivity (Wildman–Crippen MR) is 57.2 cm³/mol. The second-order valence-corrected chi connectivity index (χ2v) is 3.84. The number of nitrogens with zero attached hydrogens (tertiary/aromatic N) is 1. The Hall–Kier alpha value is -1.35. The van der Waals surface area contributed by atoms with Gasteiger partial charge in [-0.05, 0) is 17.5 Å². The topological polar surface area (TPSA) is 53.1 Å². The zero-order valence-corrected chi connectivity index (χ0v) is 8.27. The highest BCUT2D eigenvalue weighted by atomic mass is 15.4. The van der Waals surface area contributed by atoms with E-state index in [1.54, 1.807) is 0 Å². The van der Waals surface area contributed by atoms with Crippen molar-refractivity contribution in [3.63, 3.8) is 0 Å². The maximum absolute atomic E-state index is 7.15. The van der Waals surface area contributed by atoms with Crippen molar-refractivity contribution in [2.75, 3.05) is 0 Å². The van der Waals surface area contributed by atoms with Crippen LogP contribution in [0.4, 0.5) is 0 Å². The second kappa shape index (κ2) is 3.42. The van der Waals surface area contributed by atoms with E-state index in [0.717, 1.165) is 6.42 Å². The van der Waals surface area contributed by atoms with E-state index in [2.05, 4.69) is 31.2 Å². The van der Waals surface area contributed by atoms with Gasteiger partial charge in [-0.3, -0.25) is 10.4 Å². The number of nitrogens with one attached hydrogen (secondary N) is 1. The third kappa shape index (κ3) is 1.30. The number of hydrazine groups is 1.